The quantitative estimate of drug-likeness (QED) is 0.939. The second kappa shape index (κ2) is 6.67. The summed E-state index contributed by atoms with van der Waals surface area (Å²) in [7, 11) is 2.00. The zero-order valence-corrected chi connectivity index (χ0v) is 14.2. The maximum absolute atomic E-state index is 12.6. The molecule has 2 aromatic rings. The molecule has 1 aromatic heterocycles. The van der Waals surface area contributed by atoms with Gasteiger partial charge in [0.05, 0.1) is 0 Å². The van der Waals surface area contributed by atoms with Crippen LogP contribution in [0.4, 0.5) is 0 Å². The molecule has 24 heavy (non-hydrogen) atoms. The maximum Gasteiger partial charge on any atom is 0.326 e. The molecule has 0 bridgehead atoms. The molecule has 1 aromatic carbocycles. The molecule has 3 rings (SSSR count). The number of para-hydroxylation sites is 1. The van der Waals surface area contributed by atoms with Crippen molar-refractivity contribution in [1.82, 2.24) is 9.47 Å². The van der Waals surface area contributed by atoms with Crippen LogP contribution < -0.4 is 0 Å². The molecule has 1 N–H and O–H groups in total. The number of aromatic nitrogens is 1. The van der Waals surface area contributed by atoms with Gasteiger partial charge in [0.15, 0.2) is 0 Å². The Balaban J connectivity index is 1.71. The van der Waals surface area contributed by atoms with Crippen molar-refractivity contribution >= 4 is 22.8 Å². The zero-order chi connectivity index (χ0) is 17.3. The van der Waals surface area contributed by atoms with Crippen LogP contribution in [0.1, 0.15) is 31.7 Å². The minimum atomic E-state index is -0.889. The van der Waals surface area contributed by atoms with Gasteiger partial charge in [-0.3, -0.25) is 4.79 Å². The van der Waals surface area contributed by atoms with Crippen molar-refractivity contribution in [2.45, 2.75) is 38.6 Å². The average Bonchev–Trinajstić information content (AvgIpc) is 2.89. The number of amides is 1. The Morgan fingerprint density at radius 2 is 2.04 bits per heavy atom. The number of hydrogen-bond donors (Lipinski definition) is 1. The van der Waals surface area contributed by atoms with Crippen LogP contribution in [0.5, 0.6) is 0 Å². The van der Waals surface area contributed by atoms with E-state index in [1.54, 1.807) is 4.90 Å². The van der Waals surface area contributed by atoms with Crippen LogP contribution >= 0.6 is 0 Å². The van der Waals surface area contributed by atoms with E-state index in [1.165, 1.54) is 0 Å². The molecule has 0 radical (unpaired) electrons. The second-order valence-corrected chi connectivity index (χ2v) is 6.85. The van der Waals surface area contributed by atoms with Gasteiger partial charge in [-0.05, 0) is 36.8 Å². The highest BCUT2D eigenvalue weighted by Crippen LogP contribution is 2.25. The lowest BCUT2D eigenvalue weighted by Gasteiger charge is -2.36. The van der Waals surface area contributed by atoms with Gasteiger partial charge in [0.1, 0.15) is 6.04 Å². The molecule has 128 valence electrons. The SMILES string of the molecule is CC1CCN(C(=O)CCc2cn(C)c3ccccc23)C(C(=O)O)C1. The van der Waals surface area contributed by atoms with Gasteiger partial charge >= 0.3 is 5.97 Å². The van der Waals surface area contributed by atoms with Crippen LogP contribution in [-0.4, -0.2) is 39.0 Å². The predicted octanol–water partition coefficient (Wildman–Crippen LogP) is 2.82. The lowest BCUT2D eigenvalue weighted by atomic mass is 9.92. The van der Waals surface area contributed by atoms with Crippen LogP contribution in [0, 0.1) is 5.92 Å². The van der Waals surface area contributed by atoms with Crippen molar-refractivity contribution in [2.75, 3.05) is 6.54 Å². The number of aliphatic carboxylic acids is 1. The second-order valence-electron chi connectivity index (χ2n) is 6.85. The Labute approximate surface area is 141 Å². The number of piperidine rings is 1. The smallest absolute Gasteiger partial charge is 0.326 e. The van der Waals surface area contributed by atoms with Crippen molar-refractivity contribution in [3.8, 4) is 0 Å². The zero-order valence-electron chi connectivity index (χ0n) is 14.2. The number of carbonyl (C=O) groups excluding carboxylic acids is 1. The minimum absolute atomic E-state index is 0.0535. The number of carboxylic acids is 1. The monoisotopic (exact) mass is 328 g/mol. The van der Waals surface area contributed by atoms with Crippen LogP contribution in [-0.2, 0) is 23.1 Å². The molecule has 1 aliphatic rings. The van der Waals surface area contributed by atoms with Crippen molar-refractivity contribution in [3.63, 3.8) is 0 Å². The number of nitrogens with zero attached hydrogens (tertiary/aromatic N) is 2. The van der Waals surface area contributed by atoms with Gasteiger partial charge in [0.25, 0.3) is 0 Å². The number of fused-ring (bicyclic) bond motifs is 1. The summed E-state index contributed by atoms with van der Waals surface area (Å²) in [6.07, 6.45) is 4.48. The molecule has 1 aliphatic heterocycles. The molecule has 2 atom stereocenters. The number of benzene rings is 1. The molecule has 1 saturated heterocycles. The summed E-state index contributed by atoms with van der Waals surface area (Å²) in [4.78, 5) is 25.6. The third-order valence-electron chi connectivity index (χ3n) is 5.06. The number of hydrogen-bond acceptors (Lipinski definition) is 2. The van der Waals surface area contributed by atoms with Crippen molar-refractivity contribution in [3.05, 3.63) is 36.0 Å². The predicted molar refractivity (Wildman–Crippen MR) is 92.8 cm³/mol. The third-order valence-corrected chi connectivity index (χ3v) is 5.06. The number of carbonyl (C=O) groups is 2. The molecule has 0 aliphatic carbocycles. The van der Waals surface area contributed by atoms with Gasteiger partial charge in [-0.2, -0.15) is 0 Å². The van der Waals surface area contributed by atoms with Gasteiger partial charge in [-0.1, -0.05) is 25.1 Å². The van der Waals surface area contributed by atoms with Crippen molar-refractivity contribution in [1.29, 1.82) is 0 Å². The van der Waals surface area contributed by atoms with E-state index < -0.39 is 12.0 Å². The first kappa shape index (κ1) is 16.6. The molecule has 5 heteroatoms. The molecule has 1 amide bonds. The summed E-state index contributed by atoms with van der Waals surface area (Å²) in [5.74, 6) is -0.587. The highest BCUT2D eigenvalue weighted by atomic mass is 16.4. The van der Waals surface area contributed by atoms with Crippen molar-refractivity contribution in [2.24, 2.45) is 13.0 Å². The van der Waals surface area contributed by atoms with Crippen molar-refractivity contribution < 1.29 is 14.7 Å². The van der Waals surface area contributed by atoms with Gasteiger partial charge in [0, 0.05) is 37.1 Å². The number of carboxylic acid groups (broad SMARTS) is 1. The van der Waals surface area contributed by atoms with E-state index >= 15 is 0 Å². The molecule has 2 heterocycles. The molecular formula is C19H24N2O3. The fraction of sp³-hybridized carbons (Fsp3) is 0.474. The average molecular weight is 328 g/mol. The first-order valence-corrected chi connectivity index (χ1v) is 8.52. The summed E-state index contributed by atoms with van der Waals surface area (Å²) < 4.78 is 2.07. The summed E-state index contributed by atoms with van der Waals surface area (Å²) in [6, 6.07) is 7.46. The first-order chi connectivity index (χ1) is 11.5. The topological polar surface area (TPSA) is 62.5 Å². The Hall–Kier alpha value is -2.30. The normalized spacial score (nSPS) is 21.2. The van der Waals surface area contributed by atoms with Gasteiger partial charge in [-0.25, -0.2) is 4.79 Å². The first-order valence-electron chi connectivity index (χ1n) is 8.52. The van der Waals surface area contributed by atoms with E-state index in [0.29, 0.717) is 31.7 Å². The van der Waals surface area contributed by atoms with E-state index in [0.717, 1.165) is 22.9 Å². The van der Waals surface area contributed by atoms with E-state index in [9.17, 15) is 14.7 Å². The Morgan fingerprint density at radius 1 is 1.29 bits per heavy atom. The van der Waals surface area contributed by atoms with Crippen LogP contribution in [0.2, 0.25) is 0 Å². The van der Waals surface area contributed by atoms with Crippen LogP contribution in [0.25, 0.3) is 10.9 Å². The largest absolute Gasteiger partial charge is 0.480 e. The Morgan fingerprint density at radius 3 is 2.79 bits per heavy atom. The lowest BCUT2D eigenvalue weighted by molar-refractivity contribution is -0.153. The number of rotatable bonds is 4. The van der Waals surface area contributed by atoms with Gasteiger partial charge in [0.2, 0.25) is 5.91 Å². The summed E-state index contributed by atoms with van der Waals surface area (Å²) in [6.45, 7) is 2.60. The fourth-order valence-electron chi connectivity index (χ4n) is 3.68. The highest BCUT2D eigenvalue weighted by molar-refractivity contribution is 5.86. The standard InChI is InChI=1S/C19H24N2O3/c1-13-9-10-21(17(11-13)19(23)24)18(22)8-7-14-12-20(2)16-6-4-3-5-15(14)16/h3-6,12-13,17H,7-11H2,1-2H3,(H,23,24). The van der Waals surface area contributed by atoms with Crippen LogP contribution in [0.15, 0.2) is 30.5 Å². The van der Waals surface area contributed by atoms with Gasteiger partial charge < -0.3 is 14.6 Å². The molecule has 1 fully saturated rings. The maximum atomic E-state index is 12.6. The Bertz CT molecular complexity index is 765. The van der Waals surface area contributed by atoms with Gasteiger partial charge in [-0.15, -0.1) is 0 Å². The molecule has 5 nitrogen and oxygen atoms in total. The summed E-state index contributed by atoms with van der Waals surface area (Å²) in [5.41, 5.74) is 2.29. The van der Waals surface area contributed by atoms with E-state index in [2.05, 4.69) is 22.9 Å². The summed E-state index contributed by atoms with van der Waals surface area (Å²) in [5, 5.41) is 10.6. The Kier molecular flexibility index (Phi) is 4.60. The molecule has 2 unspecified atom stereocenters. The molecule has 0 saturated carbocycles. The number of aryl methyl sites for hydroxylation is 2. The van der Waals surface area contributed by atoms with E-state index in [1.807, 2.05) is 26.1 Å². The highest BCUT2D eigenvalue weighted by Gasteiger charge is 2.34. The van der Waals surface area contributed by atoms with E-state index in [-0.39, 0.29) is 5.91 Å². The van der Waals surface area contributed by atoms with E-state index in [4.69, 9.17) is 0 Å². The fourth-order valence-corrected chi connectivity index (χ4v) is 3.68. The number of likely N-dealkylation sites (tertiary alicyclic amines) is 1. The lowest BCUT2D eigenvalue weighted by Crippen LogP contribution is -2.49. The van der Waals surface area contributed by atoms with Crippen LogP contribution in [0.3, 0.4) is 0 Å². The third kappa shape index (κ3) is 3.16. The summed E-state index contributed by atoms with van der Waals surface area (Å²) >= 11 is 0. The molecule has 0 spiro atoms. The molecular weight excluding hydrogens is 304 g/mol. The minimum Gasteiger partial charge on any atom is -0.480 e.